The maximum Gasteiger partial charge on any atom is 0.341 e. The zero-order chi connectivity index (χ0) is 15.3. The van der Waals surface area contributed by atoms with Gasteiger partial charge in [-0.25, -0.2) is 26.7 Å². The van der Waals surface area contributed by atoms with Crippen molar-refractivity contribution in [1.82, 2.24) is 4.72 Å². The van der Waals surface area contributed by atoms with Crippen LogP contribution in [0.5, 0.6) is 0 Å². The van der Waals surface area contributed by atoms with Crippen molar-refractivity contribution in [2.45, 2.75) is 11.8 Å². The van der Waals surface area contributed by atoms with Gasteiger partial charge in [-0.3, -0.25) is 0 Å². The van der Waals surface area contributed by atoms with Crippen molar-refractivity contribution in [3.63, 3.8) is 0 Å². The molecule has 0 saturated carbocycles. The quantitative estimate of drug-likeness (QED) is 0.732. The number of aromatic carboxylic acids is 1. The summed E-state index contributed by atoms with van der Waals surface area (Å²) < 4.78 is 57.4. The summed E-state index contributed by atoms with van der Waals surface area (Å²) in [6.07, 6.45) is 0. The molecule has 0 aromatic heterocycles. The summed E-state index contributed by atoms with van der Waals surface area (Å²) in [4.78, 5) is 9.78. The number of halogens is 2. The molecule has 0 bridgehead atoms. The van der Waals surface area contributed by atoms with Gasteiger partial charge in [-0.15, -0.1) is 0 Å². The molecule has 0 amide bonds. The Kier molecular flexibility index (Phi) is 5.54. The molecule has 1 aromatic carbocycles. The van der Waals surface area contributed by atoms with Crippen molar-refractivity contribution in [2.24, 2.45) is 0 Å². The first-order chi connectivity index (χ1) is 9.31. The van der Waals surface area contributed by atoms with Gasteiger partial charge in [0.1, 0.15) is 16.3 Å². The maximum absolute atomic E-state index is 13.8. The molecule has 0 heterocycles. The van der Waals surface area contributed by atoms with Gasteiger partial charge in [0.25, 0.3) is 0 Å². The van der Waals surface area contributed by atoms with Crippen molar-refractivity contribution in [2.75, 3.05) is 19.8 Å². The maximum atomic E-state index is 13.8. The highest BCUT2D eigenvalue weighted by Gasteiger charge is 2.26. The van der Waals surface area contributed by atoms with Crippen molar-refractivity contribution in [3.05, 3.63) is 29.3 Å². The zero-order valence-electron chi connectivity index (χ0n) is 10.5. The molecule has 0 unspecified atom stereocenters. The number of hydrogen-bond donors (Lipinski definition) is 2. The van der Waals surface area contributed by atoms with Crippen LogP contribution in [0.3, 0.4) is 0 Å². The van der Waals surface area contributed by atoms with Crippen LogP contribution >= 0.6 is 0 Å². The van der Waals surface area contributed by atoms with Crippen molar-refractivity contribution < 1.29 is 31.8 Å². The molecule has 2 N–H and O–H groups in total. The summed E-state index contributed by atoms with van der Waals surface area (Å²) in [6, 6.07) is 1.25. The summed E-state index contributed by atoms with van der Waals surface area (Å²) in [5.41, 5.74) is -1.31. The lowest BCUT2D eigenvalue weighted by molar-refractivity contribution is 0.0685. The summed E-state index contributed by atoms with van der Waals surface area (Å²) in [5.74, 6) is -4.86. The number of rotatable bonds is 7. The van der Waals surface area contributed by atoms with Crippen LogP contribution in [0.4, 0.5) is 8.78 Å². The van der Waals surface area contributed by atoms with Crippen LogP contribution < -0.4 is 4.72 Å². The van der Waals surface area contributed by atoms with Crippen molar-refractivity contribution >= 4 is 16.0 Å². The van der Waals surface area contributed by atoms with Gasteiger partial charge in [-0.1, -0.05) is 0 Å². The minimum Gasteiger partial charge on any atom is -0.477 e. The van der Waals surface area contributed by atoms with Gasteiger partial charge in [-0.2, -0.15) is 0 Å². The standard InChI is InChI=1S/C11H13F2NO5S/c1-2-19-6-5-14-20(17,18)8-4-3-7(12)9(10(8)13)11(15)16/h3-4,14H,2,5-6H2,1H3,(H,15,16). The molecule has 20 heavy (non-hydrogen) atoms. The Morgan fingerprint density at radius 3 is 2.60 bits per heavy atom. The number of benzene rings is 1. The van der Waals surface area contributed by atoms with Gasteiger partial charge >= 0.3 is 5.97 Å². The molecule has 1 rings (SSSR count). The fraction of sp³-hybridized carbons (Fsp3) is 0.364. The molecule has 6 nitrogen and oxygen atoms in total. The third-order valence-corrected chi connectivity index (χ3v) is 3.78. The lowest BCUT2D eigenvalue weighted by Crippen LogP contribution is -2.28. The van der Waals surface area contributed by atoms with Gasteiger partial charge in [0.05, 0.1) is 6.61 Å². The summed E-state index contributed by atoms with van der Waals surface area (Å²) in [5, 5.41) is 8.67. The number of sulfonamides is 1. The van der Waals surface area contributed by atoms with E-state index in [-0.39, 0.29) is 13.2 Å². The highest BCUT2D eigenvalue weighted by molar-refractivity contribution is 7.89. The van der Waals surface area contributed by atoms with E-state index in [0.29, 0.717) is 18.7 Å². The average Bonchev–Trinajstić information content (AvgIpc) is 2.34. The highest BCUT2D eigenvalue weighted by Crippen LogP contribution is 2.20. The second-order valence-corrected chi connectivity index (χ2v) is 5.37. The second kappa shape index (κ2) is 6.73. The first-order valence-corrected chi connectivity index (χ1v) is 7.08. The Balaban J connectivity index is 3.07. The SMILES string of the molecule is CCOCCNS(=O)(=O)c1ccc(F)c(C(=O)O)c1F. The van der Waals surface area contributed by atoms with Crippen LogP contribution in [0.15, 0.2) is 17.0 Å². The van der Waals surface area contributed by atoms with E-state index in [9.17, 15) is 22.0 Å². The third kappa shape index (κ3) is 3.71. The zero-order valence-corrected chi connectivity index (χ0v) is 11.3. The van der Waals surface area contributed by atoms with E-state index in [1.165, 1.54) is 0 Å². The fourth-order valence-electron chi connectivity index (χ4n) is 1.41. The largest absolute Gasteiger partial charge is 0.477 e. The predicted molar refractivity (Wildman–Crippen MR) is 65.0 cm³/mol. The number of carboxylic acid groups (broad SMARTS) is 1. The van der Waals surface area contributed by atoms with Crippen LogP contribution in [-0.4, -0.2) is 39.3 Å². The van der Waals surface area contributed by atoms with Gasteiger partial charge in [-0.05, 0) is 19.1 Å². The first-order valence-electron chi connectivity index (χ1n) is 5.60. The van der Waals surface area contributed by atoms with E-state index in [0.717, 1.165) is 0 Å². The van der Waals surface area contributed by atoms with Crippen LogP contribution in [0.25, 0.3) is 0 Å². The van der Waals surface area contributed by atoms with Crippen LogP contribution in [0, 0.1) is 11.6 Å². The lowest BCUT2D eigenvalue weighted by Gasteiger charge is -2.09. The predicted octanol–water partition coefficient (Wildman–Crippen LogP) is 0.978. The van der Waals surface area contributed by atoms with Crippen LogP contribution in [-0.2, 0) is 14.8 Å². The number of nitrogens with one attached hydrogen (secondary N) is 1. The van der Waals surface area contributed by atoms with E-state index >= 15 is 0 Å². The van der Waals surface area contributed by atoms with Crippen LogP contribution in [0.2, 0.25) is 0 Å². The van der Waals surface area contributed by atoms with E-state index in [1.54, 1.807) is 6.92 Å². The molecule has 0 spiro atoms. The molecule has 1 aromatic rings. The monoisotopic (exact) mass is 309 g/mol. The van der Waals surface area contributed by atoms with Crippen LogP contribution in [0.1, 0.15) is 17.3 Å². The van der Waals surface area contributed by atoms with Gasteiger partial charge < -0.3 is 9.84 Å². The van der Waals surface area contributed by atoms with E-state index in [1.807, 2.05) is 4.72 Å². The van der Waals surface area contributed by atoms with Gasteiger partial charge in [0.15, 0.2) is 5.82 Å². The molecule has 0 saturated heterocycles. The van der Waals surface area contributed by atoms with Crippen molar-refractivity contribution in [1.29, 1.82) is 0 Å². The molecular weight excluding hydrogens is 296 g/mol. The number of ether oxygens (including phenoxy) is 1. The second-order valence-electron chi connectivity index (χ2n) is 3.63. The fourth-order valence-corrected chi connectivity index (χ4v) is 2.50. The van der Waals surface area contributed by atoms with E-state index in [4.69, 9.17) is 9.84 Å². The Bertz CT molecular complexity index is 603. The highest BCUT2D eigenvalue weighted by atomic mass is 32.2. The molecule has 0 radical (unpaired) electrons. The molecule has 0 aliphatic carbocycles. The summed E-state index contributed by atoms with van der Waals surface area (Å²) in [6.45, 7) is 2.06. The van der Waals surface area contributed by atoms with Crippen molar-refractivity contribution in [3.8, 4) is 0 Å². The number of carboxylic acids is 1. The smallest absolute Gasteiger partial charge is 0.341 e. The Morgan fingerprint density at radius 1 is 1.40 bits per heavy atom. The average molecular weight is 309 g/mol. The molecule has 0 atom stereocenters. The lowest BCUT2D eigenvalue weighted by atomic mass is 10.2. The minimum absolute atomic E-state index is 0.0737. The first kappa shape index (κ1) is 16.5. The third-order valence-electron chi connectivity index (χ3n) is 2.30. The number of carbonyl (C=O) groups is 1. The molecule has 112 valence electrons. The summed E-state index contributed by atoms with van der Waals surface area (Å²) in [7, 11) is -4.28. The Labute approximate surface area is 114 Å². The molecule has 0 fully saturated rings. The van der Waals surface area contributed by atoms with E-state index < -0.39 is 38.1 Å². The van der Waals surface area contributed by atoms with E-state index in [2.05, 4.69) is 0 Å². The normalized spacial score (nSPS) is 11.6. The molecule has 0 aliphatic rings. The topological polar surface area (TPSA) is 92.7 Å². The number of hydrogen-bond acceptors (Lipinski definition) is 4. The minimum atomic E-state index is -4.28. The molecular formula is C11H13F2NO5S. The molecule has 9 heteroatoms. The Morgan fingerprint density at radius 2 is 2.05 bits per heavy atom. The van der Waals surface area contributed by atoms with Gasteiger partial charge in [0, 0.05) is 13.2 Å². The molecule has 0 aliphatic heterocycles. The Hall–Kier alpha value is -1.58. The van der Waals surface area contributed by atoms with Gasteiger partial charge in [0.2, 0.25) is 10.0 Å². The summed E-state index contributed by atoms with van der Waals surface area (Å²) >= 11 is 0.